The van der Waals surface area contributed by atoms with Crippen molar-refractivity contribution in [2.45, 2.75) is 13.3 Å². The molecule has 0 spiro atoms. The van der Waals surface area contributed by atoms with Gasteiger partial charge in [-0.25, -0.2) is 4.39 Å². The molecule has 2 aromatic carbocycles. The Morgan fingerprint density at radius 2 is 2.05 bits per heavy atom. The first-order valence-corrected chi connectivity index (χ1v) is 6.98. The fraction of sp³-hybridized carbons (Fsp3) is 0.188. The van der Waals surface area contributed by atoms with Crippen molar-refractivity contribution in [3.05, 3.63) is 58.9 Å². The van der Waals surface area contributed by atoms with E-state index in [0.717, 1.165) is 6.42 Å². The molecular weight excluding hydrogens is 293 g/mol. The van der Waals surface area contributed by atoms with E-state index in [4.69, 9.17) is 16.3 Å². The first-order valence-electron chi connectivity index (χ1n) is 6.60. The third kappa shape index (κ3) is 3.95. The molecule has 21 heavy (non-hydrogen) atoms. The van der Waals surface area contributed by atoms with Crippen LogP contribution in [0.5, 0.6) is 5.75 Å². The predicted molar refractivity (Wildman–Crippen MR) is 81.6 cm³/mol. The summed E-state index contributed by atoms with van der Waals surface area (Å²) in [7, 11) is 0. The zero-order valence-electron chi connectivity index (χ0n) is 11.5. The van der Waals surface area contributed by atoms with Crippen molar-refractivity contribution in [3.8, 4) is 5.75 Å². The number of carbonyl (C=O) groups is 1. The van der Waals surface area contributed by atoms with Gasteiger partial charge in [0.2, 0.25) is 0 Å². The van der Waals surface area contributed by atoms with E-state index in [-0.39, 0.29) is 11.3 Å². The van der Waals surface area contributed by atoms with Crippen LogP contribution in [0.4, 0.5) is 10.1 Å². The number of rotatable bonds is 5. The Hall–Kier alpha value is -2.07. The van der Waals surface area contributed by atoms with Crippen molar-refractivity contribution in [2.75, 3.05) is 11.9 Å². The molecule has 0 heterocycles. The van der Waals surface area contributed by atoms with Gasteiger partial charge >= 0.3 is 0 Å². The minimum absolute atomic E-state index is 0.115. The zero-order chi connectivity index (χ0) is 15.2. The molecule has 0 saturated carbocycles. The van der Waals surface area contributed by atoms with Gasteiger partial charge in [0.1, 0.15) is 11.6 Å². The van der Waals surface area contributed by atoms with E-state index in [0.29, 0.717) is 17.4 Å². The molecule has 2 aromatic rings. The van der Waals surface area contributed by atoms with Crippen LogP contribution in [0.3, 0.4) is 0 Å². The molecule has 5 heteroatoms. The smallest absolute Gasteiger partial charge is 0.259 e. The number of amides is 1. The minimum atomic E-state index is -0.496. The Balaban J connectivity index is 2.25. The highest BCUT2D eigenvalue weighted by Crippen LogP contribution is 2.25. The highest BCUT2D eigenvalue weighted by atomic mass is 35.5. The largest absolute Gasteiger partial charge is 0.493 e. The quantitative estimate of drug-likeness (QED) is 0.882. The van der Waals surface area contributed by atoms with E-state index in [2.05, 4.69) is 5.32 Å². The standard InChI is InChI=1S/C16H15ClFNO2/c1-2-9-21-15-8-7-11(17)10-12(15)16(20)19-14-6-4-3-5-13(14)18/h3-8,10H,2,9H2,1H3,(H,19,20). The molecule has 0 aromatic heterocycles. The fourth-order valence-corrected chi connectivity index (χ4v) is 1.94. The van der Waals surface area contributed by atoms with Gasteiger partial charge in [-0.2, -0.15) is 0 Å². The summed E-state index contributed by atoms with van der Waals surface area (Å²) < 4.78 is 19.1. The third-order valence-electron chi connectivity index (χ3n) is 2.77. The lowest BCUT2D eigenvalue weighted by molar-refractivity contribution is 0.102. The summed E-state index contributed by atoms with van der Waals surface area (Å²) in [6.45, 7) is 2.45. The van der Waals surface area contributed by atoms with Crippen molar-refractivity contribution in [2.24, 2.45) is 0 Å². The van der Waals surface area contributed by atoms with Gasteiger partial charge in [-0.1, -0.05) is 30.7 Å². The number of hydrogen-bond acceptors (Lipinski definition) is 2. The number of ether oxygens (including phenoxy) is 1. The molecule has 0 aliphatic heterocycles. The molecule has 1 N–H and O–H groups in total. The zero-order valence-corrected chi connectivity index (χ0v) is 12.3. The van der Waals surface area contributed by atoms with E-state index >= 15 is 0 Å². The molecule has 0 aliphatic carbocycles. The van der Waals surface area contributed by atoms with E-state index in [9.17, 15) is 9.18 Å². The first-order chi connectivity index (χ1) is 10.1. The summed E-state index contributed by atoms with van der Waals surface area (Å²) in [6.07, 6.45) is 0.816. The third-order valence-corrected chi connectivity index (χ3v) is 3.01. The van der Waals surface area contributed by atoms with Gasteiger partial charge in [-0.3, -0.25) is 4.79 Å². The number of carbonyl (C=O) groups excluding carboxylic acids is 1. The van der Waals surface area contributed by atoms with Gasteiger partial charge in [0.05, 0.1) is 17.9 Å². The number of nitrogens with one attached hydrogen (secondary N) is 1. The van der Waals surface area contributed by atoms with Gasteiger partial charge in [-0.05, 0) is 36.8 Å². The molecule has 1 amide bonds. The van der Waals surface area contributed by atoms with Gasteiger partial charge in [0, 0.05) is 5.02 Å². The second kappa shape index (κ2) is 7.09. The molecule has 0 fully saturated rings. The maximum absolute atomic E-state index is 13.6. The molecular formula is C16H15ClFNO2. The van der Waals surface area contributed by atoms with Crippen molar-refractivity contribution in [3.63, 3.8) is 0 Å². The summed E-state index contributed by atoms with van der Waals surface area (Å²) in [5, 5.41) is 2.93. The first kappa shape index (κ1) is 15.3. The van der Waals surface area contributed by atoms with E-state index in [1.807, 2.05) is 6.92 Å². The molecule has 110 valence electrons. The van der Waals surface area contributed by atoms with Crippen LogP contribution in [0.15, 0.2) is 42.5 Å². The number of para-hydroxylation sites is 1. The van der Waals surface area contributed by atoms with Crippen LogP contribution in [0.1, 0.15) is 23.7 Å². The van der Waals surface area contributed by atoms with Crippen LogP contribution in [-0.4, -0.2) is 12.5 Å². The number of benzene rings is 2. The van der Waals surface area contributed by atoms with Crippen LogP contribution >= 0.6 is 11.6 Å². The second-order valence-electron chi connectivity index (χ2n) is 4.42. The van der Waals surface area contributed by atoms with Crippen LogP contribution in [0, 0.1) is 5.82 Å². The Morgan fingerprint density at radius 1 is 1.29 bits per heavy atom. The van der Waals surface area contributed by atoms with Crippen molar-refractivity contribution in [1.29, 1.82) is 0 Å². The van der Waals surface area contributed by atoms with Crippen molar-refractivity contribution >= 4 is 23.2 Å². The van der Waals surface area contributed by atoms with Crippen LogP contribution in [0.2, 0.25) is 5.02 Å². The molecule has 0 radical (unpaired) electrons. The lowest BCUT2D eigenvalue weighted by Crippen LogP contribution is -2.14. The second-order valence-corrected chi connectivity index (χ2v) is 4.86. The maximum atomic E-state index is 13.6. The topological polar surface area (TPSA) is 38.3 Å². The Bertz CT molecular complexity index is 646. The molecule has 0 atom stereocenters. The lowest BCUT2D eigenvalue weighted by atomic mass is 10.1. The summed E-state index contributed by atoms with van der Waals surface area (Å²) in [5.74, 6) is -0.535. The SMILES string of the molecule is CCCOc1ccc(Cl)cc1C(=O)Nc1ccccc1F. The van der Waals surface area contributed by atoms with E-state index in [1.165, 1.54) is 18.2 Å². The van der Waals surface area contributed by atoms with Crippen LogP contribution in [0.25, 0.3) is 0 Å². The molecule has 0 saturated heterocycles. The number of hydrogen-bond donors (Lipinski definition) is 1. The fourth-order valence-electron chi connectivity index (χ4n) is 1.77. The summed E-state index contributed by atoms with van der Waals surface area (Å²) >= 11 is 5.92. The highest BCUT2D eigenvalue weighted by Gasteiger charge is 2.15. The average molecular weight is 308 g/mol. The van der Waals surface area contributed by atoms with Crippen molar-refractivity contribution in [1.82, 2.24) is 0 Å². The Kier molecular flexibility index (Phi) is 5.17. The van der Waals surface area contributed by atoms with Crippen LogP contribution < -0.4 is 10.1 Å². The maximum Gasteiger partial charge on any atom is 0.259 e. The summed E-state index contributed by atoms with van der Waals surface area (Å²) in [5.41, 5.74) is 0.392. The van der Waals surface area contributed by atoms with Crippen molar-refractivity contribution < 1.29 is 13.9 Å². The highest BCUT2D eigenvalue weighted by molar-refractivity contribution is 6.31. The van der Waals surface area contributed by atoms with Gasteiger partial charge in [0.15, 0.2) is 0 Å². The number of halogens is 2. The van der Waals surface area contributed by atoms with Crippen LogP contribution in [-0.2, 0) is 0 Å². The molecule has 0 unspecified atom stereocenters. The van der Waals surface area contributed by atoms with Gasteiger partial charge < -0.3 is 10.1 Å². The van der Waals surface area contributed by atoms with E-state index in [1.54, 1.807) is 24.3 Å². The normalized spacial score (nSPS) is 10.2. The molecule has 0 aliphatic rings. The monoisotopic (exact) mass is 307 g/mol. The van der Waals surface area contributed by atoms with Gasteiger partial charge in [0.25, 0.3) is 5.91 Å². The minimum Gasteiger partial charge on any atom is -0.493 e. The molecule has 2 rings (SSSR count). The summed E-state index contributed by atoms with van der Waals surface area (Å²) in [4.78, 5) is 12.3. The predicted octanol–water partition coefficient (Wildman–Crippen LogP) is 4.52. The number of anilines is 1. The Morgan fingerprint density at radius 3 is 2.76 bits per heavy atom. The average Bonchev–Trinajstić information content (AvgIpc) is 2.48. The lowest BCUT2D eigenvalue weighted by Gasteiger charge is -2.12. The molecule has 0 bridgehead atoms. The van der Waals surface area contributed by atoms with E-state index < -0.39 is 11.7 Å². The van der Waals surface area contributed by atoms with Gasteiger partial charge in [-0.15, -0.1) is 0 Å². The summed E-state index contributed by atoms with van der Waals surface area (Å²) in [6, 6.07) is 10.8. The Labute approximate surface area is 127 Å². The molecule has 3 nitrogen and oxygen atoms in total.